The number of benzene rings is 1. The number of carbonyl (C=O) groups is 2. The molecule has 0 aliphatic heterocycles. The first-order valence-electron chi connectivity index (χ1n) is 8.28. The van der Waals surface area contributed by atoms with Gasteiger partial charge in [0.05, 0.1) is 28.1 Å². The summed E-state index contributed by atoms with van der Waals surface area (Å²) in [5.41, 5.74) is -0.855. The highest BCUT2D eigenvalue weighted by atomic mass is 32.2. The first-order chi connectivity index (χ1) is 13.7. The number of carbonyl (C=O) groups excluding carboxylic acids is 2. The lowest BCUT2D eigenvalue weighted by Crippen LogP contribution is -2.41. The molecule has 2 aromatic rings. The average molecular weight is 465 g/mol. The molecule has 1 aromatic carbocycles. The highest BCUT2D eigenvalue weighted by Crippen LogP contribution is 2.39. The number of nitrogens with one attached hydrogen (secondary N) is 2. The number of methoxy groups -OCH3 is 1. The van der Waals surface area contributed by atoms with Crippen LogP contribution in [0, 0.1) is 6.92 Å². The van der Waals surface area contributed by atoms with Crippen LogP contribution in [-0.4, -0.2) is 44.8 Å². The van der Waals surface area contributed by atoms with Gasteiger partial charge in [0, 0.05) is 6.26 Å². The van der Waals surface area contributed by atoms with Gasteiger partial charge in [0.25, 0.3) is 0 Å². The van der Waals surface area contributed by atoms with E-state index in [0.29, 0.717) is 16.8 Å². The standard InChI is InChI=1S/C17H18F3N3O5S2/c1-8-13(29-16(22-8)23-15(25)21-9(2)14(24)28-3)10-5-6-12(30(4,26)27)11(7-10)17(18,19)20/h5-7,9H,1-4H3,(H2,21,22,23,25)/t9-/m0/s1. The predicted molar refractivity (Wildman–Crippen MR) is 104 cm³/mol. The number of sulfone groups is 1. The molecule has 1 aromatic heterocycles. The summed E-state index contributed by atoms with van der Waals surface area (Å²) in [5, 5.41) is 4.80. The first kappa shape index (κ1) is 23.6. The third-order valence-electron chi connectivity index (χ3n) is 3.87. The van der Waals surface area contributed by atoms with Crippen LogP contribution in [0.15, 0.2) is 23.1 Å². The van der Waals surface area contributed by atoms with Gasteiger partial charge in [0.15, 0.2) is 15.0 Å². The minimum absolute atomic E-state index is 0.0813. The van der Waals surface area contributed by atoms with E-state index in [1.54, 1.807) is 0 Å². The summed E-state index contributed by atoms with van der Waals surface area (Å²) in [6.45, 7) is 2.94. The summed E-state index contributed by atoms with van der Waals surface area (Å²) >= 11 is 0.899. The maximum atomic E-state index is 13.4. The zero-order valence-corrected chi connectivity index (χ0v) is 17.9. The van der Waals surface area contributed by atoms with E-state index >= 15 is 0 Å². The Morgan fingerprint density at radius 1 is 1.27 bits per heavy atom. The number of rotatable bonds is 5. The van der Waals surface area contributed by atoms with E-state index in [0.717, 1.165) is 23.5 Å². The van der Waals surface area contributed by atoms with Crippen molar-refractivity contribution < 1.29 is 35.9 Å². The van der Waals surface area contributed by atoms with Crippen molar-refractivity contribution in [3.05, 3.63) is 29.5 Å². The number of nitrogens with zero attached hydrogens (tertiary/aromatic N) is 1. The zero-order valence-electron chi connectivity index (χ0n) is 16.2. The van der Waals surface area contributed by atoms with Gasteiger partial charge >= 0.3 is 18.2 Å². The molecule has 30 heavy (non-hydrogen) atoms. The summed E-state index contributed by atoms with van der Waals surface area (Å²) in [6.07, 6.45) is -4.18. The van der Waals surface area contributed by atoms with Crippen molar-refractivity contribution in [3.8, 4) is 10.4 Å². The fourth-order valence-corrected chi connectivity index (χ4v) is 4.35. The normalized spacial score (nSPS) is 12.9. The van der Waals surface area contributed by atoms with Gasteiger partial charge in [0.2, 0.25) is 0 Å². The summed E-state index contributed by atoms with van der Waals surface area (Å²) in [5.74, 6) is -0.660. The quantitative estimate of drug-likeness (QED) is 0.656. The number of aromatic nitrogens is 1. The van der Waals surface area contributed by atoms with Crippen LogP contribution in [0.4, 0.5) is 23.1 Å². The first-order valence-corrected chi connectivity index (χ1v) is 11.0. The molecule has 8 nitrogen and oxygen atoms in total. The van der Waals surface area contributed by atoms with Crippen molar-refractivity contribution in [1.82, 2.24) is 10.3 Å². The fourth-order valence-electron chi connectivity index (χ4n) is 2.50. The Bertz CT molecular complexity index is 1080. The SMILES string of the molecule is COC(=O)[C@H](C)NC(=O)Nc1nc(C)c(-c2ccc(S(C)(=O)=O)c(C(F)(F)F)c2)s1. The number of alkyl halides is 3. The van der Waals surface area contributed by atoms with Gasteiger partial charge < -0.3 is 10.1 Å². The van der Waals surface area contributed by atoms with Crippen LogP contribution >= 0.6 is 11.3 Å². The number of urea groups is 1. The third kappa shape index (κ3) is 5.48. The molecule has 0 aliphatic carbocycles. The van der Waals surface area contributed by atoms with E-state index in [4.69, 9.17) is 0 Å². The number of halogens is 3. The summed E-state index contributed by atoms with van der Waals surface area (Å²) in [7, 11) is -2.93. The van der Waals surface area contributed by atoms with E-state index in [1.807, 2.05) is 0 Å². The van der Waals surface area contributed by atoms with Crippen LogP contribution in [-0.2, 0) is 25.5 Å². The maximum Gasteiger partial charge on any atom is 0.417 e. The minimum Gasteiger partial charge on any atom is -0.467 e. The molecule has 2 amide bonds. The molecule has 0 aliphatic rings. The van der Waals surface area contributed by atoms with Crippen LogP contribution in [0.5, 0.6) is 0 Å². The third-order valence-corrected chi connectivity index (χ3v) is 6.14. The van der Waals surface area contributed by atoms with Crippen LogP contribution in [0.3, 0.4) is 0 Å². The van der Waals surface area contributed by atoms with E-state index < -0.39 is 44.5 Å². The molecule has 0 saturated carbocycles. The van der Waals surface area contributed by atoms with Crippen LogP contribution in [0.2, 0.25) is 0 Å². The number of thiazole rings is 1. The van der Waals surface area contributed by atoms with Crippen LogP contribution in [0.1, 0.15) is 18.2 Å². The zero-order chi connectivity index (χ0) is 22.9. The van der Waals surface area contributed by atoms with Gasteiger partial charge in [0.1, 0.15) is 6.04 Å². The molecule has 0 radical (unpaired) electrons. The summed E-state index contributed by atoms with van der Waals surface area (Å²) in [6, 6.07) is 1.20. The van der Waals surface area contributed by atoms with E-state index in [9.17, 15) is 31.2 Å². The van der Waals surface area contributed by atoms with Gasteiger partial charge in [-0.3, -0.25) is 5.32 Å². The number of anilines is 1. The molecule has 1 atom stereocenters. The Kier molecular flexibility index (Phi) is 6.76. The van der Waals surface area contributed by atoms with E-state index in [1.165, 1.54) is 27.0 Å². The fraction of sp³-hybridized carbons (Fsp3) is 0.353. The average Bonchev–Trinajstić information content (AvgIpc) is 2.98. The van der Waals surface area contributed by atoms with Gasteiger partial charge in [-0.25, -0.2) is 23.0 Å². The molecular weight excluding hydrogens is 447 g/mol. The number of esters is 1. The molecule has 0 fully saturated rings. The summed E-state index contributed by atoms with van der Waals surface area (Å²) < 4.78 is 68.1. The van der Waals surface area contributed by atoms with Crippen molar-refractivity contribution in [2.24, 2.45) is 0 Å². The van der Waals surface area contributed by atoms with Gasteiger partial charge in [-0.2, -0.15) is 13.2 Å². The minimum atomic E-state index is -4.88. The second kappa shape index (κ2) is 8.60. The molecule has 0 unspecified atom stereocenters. The van der Waals surface area contributed by atoms with Gasteiger partial charge in [-0.15, -0.1) is 0 Å². The molecule has 13 heteroatoms. The van der Waals surface area contributed by atoms with Crippen molar-refractivity contribution in [3.63, 3.8) is 0 Å². The van der Waals surface area contributed by atoms with Crippen molar-refractivity contribution in [2.45, 2.75) is 31.0 Å². The molecule has 1 heterocycles. The lowest BCUT2D eigenvalue weighted by atomic mass is 10.1. The monoisotopic (exact) mass is 465 g/mol. The van der Waals surface area contributed by atoms with E-state index in [-0.39, 0.29) is 10.7 Å². The predicted octanol–water partition coefficient (Wildman–Crippen LogP) is 3.22. The van der Waals surface area contributed by atoms with Gasteiger partial charge in [-0.1, -0.05) is 17.4 Å². The molecule has 0 saturated heterocycles. The Hall–Kier alpha value is -2.67. The van der Waals surface area contributed by atoms with Crippen molar-refractivity contribution in [2.75, 3.05) is 18.7 Å². The smallest absolute Gasteiger partial charge is 0.417 e. The molecule has 0 spiro atoms. The van der Waals surface area contributed by atoms with Crippen LogP contribution in [0.25, 0.3) is 10.4 Å². The topological polar surface area (TPSA) is 114 Å². The number of amides is 2. The Morgan fingerprint density at radius 2 is 1.90 bits per heavy atom. The summed E-state index contributed by atoms with van der Waals surface area (Å²) in [4.78, 5) is 26.9. The highest BCUT2D eigenvalue weighted by Gasteiger charge is 2.36. The van der Waals surface area contributed by atoms with E-state index in [2.05, 4.69) is 20.4 Å². The van der Waals surface area contributed by atoms with Crippen molar-refractivity contribution in [1.29, 1.82) is 0 Å². The Labute approximate surface area is 174 Å². The second-order valence-corrected chi connectivity index (χ2v) is 9.24. The number of hydrogen-bond acceptors (Lipinski definition) is 7. The number of aryl methyl sites for hydroxylation is 1. The van der Waals surface area contributed by atoms with Gasteiger partial charge in [-0.05, 0) is 31.5 Å². The highest BCUT2D eigenvalue weighted by molar-refractivity contribution is 7.90. The van der Waals surface area contributed by atoms with Crippen LogP contribution < -0.4 is 10.6 Å². The number of ether oxygens (including phenoxy) is 1. The molecule has 2 N–H and O–H groups in total. The molecular formula is C17H18F3N3O5S2. The molecule has 0 bridgehead atoms. The second-order valence-electron chi connectivity index (χ2n) is 6.26. The lowest BCUT2D eigenvalue weighted by Gasteiger charge is -2.13. The molecule has 2 rings (SSSR count). The van der Waals surface area contributed by atoms with Crippen molar-refractivity contribution >= 4 is 38.3 Å². The largest absolute Gasteiger partial charge is 0.467 e. The maximum absolute atomic E-state index is 13.4. The molecule has 164 valence electrons. The number of hydrogen-bond donors (Lipinski definition) is 2. The lowest BCUT2D eigenvalue weighted by molar-refractivity contribution is -0.142. The Balaban J connectivity index is 2.35. The Morgan fingerprint density at radius 3 is 2.43 bits per heavy atom.